The van der Waals surface area contributed by atoms with Crippen molar-refractivity contribution in [2.45, 2.75) is 20.3 Å². The van der Waals surface area contributed by atoms with Gasteiger partial charge in [0.1, 0.15) is 11.1 Å². The molecule has 0 spiro atoms. The lowest BCUT2D eigenvalue weighted by molar-refractivity contribution is 0.666. The average molecular weight is 652 g/mol. The molecule has 0 aliphatic carbocycles. The third kappa shape index (κ3) is 4.48. The van der Waals surface area contributed by atoms with Crippen molar-refractivity contribution in [1.29, 1.82) is 0 Å². The Bertz CT molecular complexity index is 2390. The molecule has 218 valence electrons. The van der Waals surface area contributed by atoms with Gasteiger partial charge in [-0.05, 0) is 74.0 Å². The summed E-state index contributed by atoms with van der Waals surface area (Å²) in [6.45, 7) is 4.14. The Hall–Kier alpha value is -5.34. The van der Waals surface area contributed by atoms with Gasteiger partial charge in [0, 0.05) is 21.2 Å². The summed E-state index contributed by atoms with van der Waals surface area (Å²) in [5, 5.41) is 0.883. The van der Waals surface area contributed by atoms with Crippen LogP contribution in [0, 0.1) is 0 Å². The molecule has 0 aliphatic heterocycles. The number of aromatic nitrogens is 6. The van der Waals surface area contributed by atoms with Crippen molar-refractivity contribution < 1.29 is 4.42 Å². The van der Waals surface area contributed by atoms with Gasteiger partial charge in [0.2, 0.25) is 0 Å². The Balaban J connectivity index is 1.51. The van der Waals surface area contributed by atoms with Gasteiger partial charge in [0.25, 0.3) is 0 Å². The molecule has 0 saturated carbocycles. The summed E-state index contributed by atoms with van der Waals surface area (Å²) in [6.07, 6.45) is 4.90. The van der Waals surface area contributed by atoms with E-state index in [2.05, 4.69) is 68.4 Å². The molecule has 0 N–H and O–H groups in total. The predicted octanol–water partition coefficient (Wildman–Crippen LogP) is 9.59. The predicted molar refractivity (Wildman–Crippen MR) is 184 cm³/mol. The standard InChI is InChI=1S/C37H27BrN6O/c1-3-13-29-27(4-2)39-37(44(29)25-16-9-6-10-17-25)35-41-32-26-22-23(38)20-21-31(26)45-34(32)33(42-35)36-40-28-18-11-12-19-30(28)43(36)24-14-7-5-8-15-24/h3,5-22H,4H2,1-2H3/b13-3-. The molecule has 0 atom stereocenters. The fourth-order valence-corrected chi connectivity index (χ4v) is 6.31. The van der Waals surface area contributed by atoms with Crippen LogP contribution in [0.2, 0.25) is 0 Å². The highest BCUT2D eigenvalue weighted by Crippen LogP contribution is 2.39. The first-order valence-electron chi connectivity index (χ1n) is 14.9. The lowest BCUT2D eigenvalue weighted by Crippen LogP contribution is -2.05. The normalized spacial score (nSPS) is 11.9. The van der Waals surface area contributed by atoms with Crippen LogP contribution < -0.4 is 0 Å². The van der Waals surface area contributed by atoms with E-state index in [-0.39, 0.29) is 0 Å². The highest BCUT2D eigenvalue weighted by atomic mass is 79.9. The minimum absolute atomic E-state index is 0.487. The highest BCUT2D eigenvalue weighted by molar-refractivity contribution is 9.10. The number of rotatable bonds is 6. The molecule has 0 unspecified atom stereocenters. The molecular weight excluding hydrogens is 624 g/mol. The van der Waals surface area contributed by atoms with Crippen LogP contribution in [-0.4, -0.2) is 29.1 Å². The van der Waals surface area contributed by atoms with Crippen molar-refractivity contribution in [3.63, 3.8) is 0 Å². The molecule has 0 saturated heterocycles. The number of benzene rings is 4. The molecule has 0 bridgehead atoms. The Labute approximate surface area is 267 Å². The van der Waals surface area contributed by atoms with E-state index in [4.69, 9.17) is 24.4 Å². The fraction of sp³-hybridized carbons (Fsp3) is 0.0811. The molecule has 8 aromatic rings. The number of fused-ring (bicyclic) bond motifs is 4. The first kappa shape index (κ1) is 27.2. The van der Waals surface area contributed by atoms with E-state index in [1.165, 1.54) is 0 Å². The van der Waals surface area contributed by atoms with E-state index in [1.807, 2.05) is 85.8 Å². The number of nitrogens with zero attached hydrogens (tertiary/aromatic N) is 6. The summed E-state index contributed by atoms with van der Waals surface area (Å²) >= 11 is 3.65. The first-order chi connectivity index (χ1) is 22.1. The Kier molecular flexibility index (Phi) is 6.64. The molecular formula is C37H27BrN6O. The number of hydrogen-bond acceptors (Lipinski definition) is 5. The van der Waals surface area contributed by atoms with E-state index in [0.717, 1.165) is 55.7 Å². The van der Waals surface area contributed by atoms with Crippen molar-refractivity contribution in [1.82, 2.24) is 29.1 Å². The number of allylic oxidation sites excluding steroid dienone is 1. The van der Waals surface area contributed by atoms with Gasteiger partial charge in [-0.15, -0.1) is 0 Å². The summed E-state index contributed by atoms with van der Waals surface area (Å²) < 4.78 is 11.7. The summed E-state index contributed by atoms with van der Waals surface area (Å²) in [7, 11) is 0. The first-order valence-corrected chi connectivity index (χ1v) is 15.7. The topological polar surface area (TPSA) is 74.6 Å². The van der Waals surface area contributed by atoms with Crippen LogP contribution in [0.5, 0.6) is 0 Å². The van der Waals surface area contributed by atoms with Crippen LogP contribution in [-0.2, 0) is 6.42 Å². The van der Waals surface area contributed by atoms with Gasteiger partial charge >= 0.3 is 0 Å². The third-order valence-electron chi connectivity index (χ3n) is 7.92. The van der Waals surface area contributed by atoms with Crippen molar-refractivity contribution in [3.05, 3.63) is 125 Å². The second-order valence-corrected chi connectivity index (χ2v) is 11.6. The van der Waals surface area contributed by atoms with Gasteiger partial charge in [0.15, 0.2) is 28.8 Å². The Morgan fingerprint density at radius 3 is 2.20 bits per heavy atom. The molecule has 0 fully saturated rings. The van der Waals surface area contributed by atoms with Crippen LogP contribution in [0.25, 0.3) is 73.7 Å². The SMILES string of the molecule is C/C=C\c1c(CC)nc(-c2nc(-c3nc4ccccc4n3-c3ccccc3)c3oc4ccc(Br)cc4c3n2)n1-c1ccccc1. The summed E-state index contributed by atoms with van der Waals surface area (Å²) in [4.78, 5) is 20.8. The lowest BCUT2D eigenvalue weighted by Gasteiger charge is -2.12. The van der Waals surface area contributed by atoms with Gasteiger partial charge in [-0.3, -0.25) is 9.13 Å². The van der Waals surface area contributed by atoms with Crippen molar-refractivity contribution in [2.75, 3.05) is 0 Å². The Morgan fingerprint density at radius 1 is 0.756 bits per heavy atom. The molecule has 8 heteroatoms. The molecule has 0 amide bonds. The Morgan fingerprint density at radius 2 is 1.47 bits per heavy atom. The highest BCUT2D eigenvalue weighted by Gasteiger charge is 2.26. The van der Waals surface area contributed by atoms with E-state index in [9.17, 15) is 0 Å². The zero-order chi connectivity index (χ0) is 30.5. The maximum atomic E-state index is 6.54. The minimum atomic E-state index is 0.487. The number of halogens is 1. The zero-order valence-electron chi connectivity index (χ0n) is 24.6. The van der Waals surface area contributed by atoms with Crippen molar-refractivity contribution in [3.8, 4) is 34.5 Å². The maximum Gasteiger partial charge on any atom is 0.197 e. The lowest BCUT2D eigenvalue weighted by atomic mass is 10.2. The minimum Gasteiger partial charge on any atom is -0.452 e. The molecule has 45 heavy (non-hydrogen) atoms. The monoisotopic (exact) mass is 650 g/mol. The van der Waals surface area contributed by atoms with Gasteiger partial charge in [-0.2, -0.15) is 0 Å². The molecule has 4 aromatic heterocycles. The second kappa shape index (κ2) is 11.0. The van der Waals surface area contributed by atoms with Crippen molar-refractivity contribution >= 4 is 55.1 Å². The van der Waals surface area contributed by atoms with E-state index >= 15 is 0 Å². The number of imidazole rings is 2. The van der Waals surface area contributed by atoms with Gasteiger partial charge in [0.05, 0.1) is 22.4 Å². The van der Waals surface area contributed by atoms with Gasteiger partial charge in [-0.25, -0.2) is 19.9 Å². The summed E-state index contributed by atoms with van der Waals surface area (Å²) in [5.74, 6) is 1.80. The summed E-state index contributed by atoms with van der Waals surface area (Å²) in [5.41, 5.74) is 8.34. The number of furan rings is 1. The quantitative estimate of drug-likeness (QED) is 0.179. The van der Waals surface area contributed by atoms with Crippen LogP contribution in [0.3, 0.4) is 0 Å². The zero-order valence-corrected chi connectivity index (χ0v) is 26.2. The van der Waals surface area contributed by atoms with Crippen LogP contribution in [0.4, 0.5) is 0 Å². The number of para-hydroxylation sites is 4. The largest absolute Gasteiger partial charge is 0.452 e. The molecule has 8 rings (SSSR count). The van der Waals surface area contributed by atoms with Gasteiger partial charge < -0.3 is 4.42 Å². The molecule has 0 aliphatic rings. The van der Waals surface area contributed by atoms with Crippen LogP contribution in [0.1, 0.15) is 25.2 Å². The number of hydrogen-bond donors (Lipinski definition) is 0. The van der Waals surface area contributed by atoms with E-state index in [0.29, 0.717) is 34.3 Å². The number of aryl methyl sites for hydroxylation is 1. The maximum absolute atomic E-state index is 6.54. The molecule has 0 radical (unpaired) electrons. The molecule has 4 heterocycles. The second-order valence-electron chi connectivity index (χ2n) is 10.7. The van der Waals surface area contributed by atoms with Gasteiger partial charge in [-0.1, -0.05) is 77.5 Å². The molecule has 7 nitrogen and oxygen atoms in total. The third-order valence-corrected chi connectivity index (χ3v) is 8.42. The van der Waals surface area contributed by atoms with Crippen LogP contribution >= 0.6 is 15.9 Å². The summed E-state index contributed by atoms with van der Waals surface area (Å²) in [6, 6.07) is 34.5. The average Bonchev–Trinajstić information content (AvgIpc) is 3.76. The smallest absolute Gasteiger partial charge is 0.197 e. The molecule has 4 aromatic carbocycles. The van der Waals surface area contributed by atoms with E-state index < -0.39 is 0 Å². The fourth-order valence-electron chi connectivity index (χ4n) is 5.95. The van der Waals surface area contributed by atoms with Crippen LogP contribution in [0.15, 0.2) is 118 Å². The van der Waals surface area contributed by atoms with E-state index in [1.54, 1.807) is 0 Å². The van der Waals surface area contributed by atoms with Crippen molar-refractivity contribution in [2.24, 2.45) is 0 Å².